The highest BCUT2D eigenvalue weighted by atomic mass is 16.1. The second-order valence-corrected chi connectivity index (χ2v) is 4.95. The highest BCUT2D eigenvalue weighted by Crippen LogP contribution is 2.18. The molecule has 0 fully saturated rings. The largest absolute Gasteiger partial charge is 0.361 e. The van der Waals surface area contributed by atoms with Crippen molar-refractivity contribution in [1.29, 1.82) is 0 Å². The van der Waals surface area contributed by atoms with E-state index in [1.165, 1.54) is 16.5 Å². The van der Waals surface area contributed by atoms with Crippen molar-refractivity contribution < 1.29 is 4.79 Å². The van der Waals surface area contributed by atoms with Gasteiger partial charge in [0.15, 0.2) is 0 Å². The fraction of sp³-hybridized carbons (Fsp3) is 0.312. The summed E-state index contributed by atoms with van der Waals surface area (Å²) in [7, 11) is 0. The fourth-order valence-corrected chi connectivity index (χ4v) is 2.04. The third kappa shape index (κ3) is 3.71. The summed E-state index contributed by atoms with van der Waals surface area (Å²) < 4.78 is 0. The fourth-order valence-electron chi connectivity index (χ4n) is 2.04. The lowest BCUT2D eigenvalue weighted by Crippen LogP contribution is -2.23. The number of hydrogen-bond donors (Lipinski definition) is 2. The van der Waals surface area contributed by atoms with Crippen molar-refractivity contribution in [3.8, 4) is 0 Å². The number of rotatable bonds is 5. The minimum absolute atomic E-state index is 0.0998. The molecule has 0 unspecified atom stereocenters. The van der Waals surface area contributed by atoms with Crippen LogP contribution in [0.4, 0.5) is 0 Å². The number of carbonyl (C=O) groups excluding carboxylic acids is 1. The molecule has 1 aromatic carbocycles. The summed E-state index contributed by atoms with van der Waals surface area (Å²) in [5, 5.41) is 4.11. The van der Waals surface area contributed by atoms with Gasteiger partial charge in [0.1, 0.15) is 0 Å². The molecule has 0 atom stereocenters. The van der Waals surface area contributed by atoms with Crippen molar-refractivity contribution >= 4 is 16.8 Å². The number of para-hydroxylation sites is 1. The molecule has 0 bridgehead atoms. The van der Waals surface area contributed by atoms with Crippen LogP contribution in [-0.2, 0) is 11.2 Å². The number of carbonyl (C=O) groups is 1. The van der Waals surface area contributed by atoms with Gasteiger partial charge in [-0.25, -0.2) is 0 Å². The van der Waals surface area contributed by atoms with Gasteiger partial charge in [-0.15, -0.1) is 0 Å². The molecule has 19 heavy (non-hydrogen) atoms. The average molecular weight is 256 g/mol. The predicted molar refractivity (Wildman–Crippen MR) is 79.1 cm³/mol. The first-order chi connectivity index (χ1) is 9.16. The number of amides is 1. The first kappa shape index (κ1) is 13.4. The maximum Gasteiger partial charge on any atom is 0.220 e. The molecule has 0 aliphatic heterocycles. The Balaban J connectivity index is 1.88. The topological polar surface area (TPSA) is 44.9 Å². The monoisotopic (exact) mass is 256 g/mol. The van der Waals surface area contributed by atoms with Crippen molar-refractivity contribution in [2.45, 2.75) is 26.7 Å². The van der Waals surface area contributed by atoms with Crippen LogP contribution in [0.1, 0.15) is 25.8 Å². The summed E-state index contributed by atoms with van der Waals surface area (Å²) in [5.74, 6) is 0.0998. The van der Waals surface area contributed by atoms with Crippen LogP contribution in [0.25, 0.3) is 10.9 Å². The molecule has 0 saturated carbocycles. The van der Waals surface area contributed by atoms with Crippen LogP contribution < -0.4 is 5.32 Å². The smallest absolute Gasteiger partial charge is 0.220 e. The Kier molecular flexibility index (Phi) is 4.39. The van der Waals surface area contributed by atoms with Gasteiger partial charge in [0.2, 0.25) is 5.91 Å². The number of nitrogens with one attached hydrogen (secondary N) is 2. The average Bonchev–Trinajstić information content (AvgIpc) is 2.79. The van der Waals surface area contributed by atoms with E-state index in [9.17, 15) is 4.79 Å². The van der Waals surface area contributed by atoms with Crippen LogP contribution in [0.3, 0.4) is 0 Å². The zero-order chi connectivity index (χ0) is 13.7. The summed E-state index contributed by atoms with van der Waals surface area (Å²) >= 11 is 0. The predicted octanol–water partition coefficient (Wildman–Crippen LogP) is 3.18. The zero-order valence-electron chi connectivity index (χ0n) is 11.5. The number of H-pyrrole nitrogens is 1. The van der Waals surface area contributed by atoms with E-state index in [0.717, 1.165) is 11.9 Å². The molecule has 0 saturated heterocycles. The molecule has 100 valence electrons. The number of aromatic nitrogens is 1. The highest BCUT2D eigenvalue weighted by molar-refractivity contribution is 5.84. The zero-order valence-corrected chi connectivity index (χ0v) is 11.5. The molecule has 3 heteroatoms. The quantitative estimate of drug-likeness (QED) is 0.793. The lowest BCUT2D eigenvalue weighted by atomic mass is 10.1. The van der Waals surface area contributed by atoms with Crippen molar-refractivity contribution in [2.75, 3.05) is 6.54 Å². The Morgan fingerprint density at radius 2 is 2.11 bits per heavy atom. The number of fused-ring (bicyclic) bond motifs is 1. The van der Waals surface area contributed by atoms with Crippen LogP contribution in [-0.4, -0.2) is 17.4 Å². The molecule has 0 spiro atoms. The molecule has 3 nitrogen and oxygen atoms in total. The number of aromatic amines is 1. The molecule has 2 rings (SSSR count). The van der Waals surface area contributed by atoms with Crippen molar-refractivity contribution in [1.82, 2.24) is 10.3 Å². The summed E-state index contributed by atoms with van der Waals surface area (Å²) in [6, 6.07) is 8.17. The minimum atomic E-state index is 0.0998. The van der Waals surface area contributed by atoms with Crippen LogP contribution >= 0.6 is 0 Å². The Hall–Kier alpha value is -2.03. The maximum absolute atomic E-state index is 11.7. The molecule has 1 amide bonds. The van der Waals surface area contributed by atoms with Crippen LogP contribution in [0.15, 0.2) is 42.1 Å². The van der Waals surface area contributed by atoms with E-state index in [-0.39, 0.29) is 5.91 Å². The lowest BCUT2D eigenvalue weighted by Gasteiger charge is -2.02. The van der Waals surface area contributed by atoms with Gasteiger partial charge in [-0.2, -0.15) is 0 Å². The van der Waals surface area contributed by atoms with Gasteiger partial charge in [0.05, 0.1) is 0 Å². The number of aryl methyl sites for hydroxylation is 1. The van der Waals surface area contributed by atoms with E-state index in [2.05, 4.69) is 16.4 Å². The van der Waals surface area contributed by atoms with E-state index in [1.807, 2.05) is 44.3 Å². The molecule has 0 aliphatic rings. The van der Waals surface area contributed by atoms with Crippen molar-refractivity contribution in [2.24, 2.45) is 0 Å². The van der Waals surface area contributed by atoms with E-state index in [1.54, 1.807) is 0 Å². The Morgan fingerprint density at radius 1 is 1.32 bits per heavy atom. The SMILES string of the molecule is CC(C)=CCNC(=O)CCc1c[nH]c2ccccc12. The first-order valence-corrected chi connectivity index (χ1v) is 6.62. The highest BCUT2D eigenvalue weighted by Gasteiger charge is 2.05. The third-order valence-corrected chi connectivity index (χ3v) is 3.11. The standard InChI is InChI=1S/C16H20N2O/c1-12(2)9-10-17-16(19)8-7-13-11-18-15-6-4-3-5-14(13)15/h3-6,9,11,18H,7-8,10H2,1-2H3,(H,17,19). The van der Waals surface area contributed by atoms with E-state index < -0.39 is 0 Å². The van der Waals surface area contributed by atoms with E-state index in [4.69, 9.17) is 0 Å². The molecule has 2 N–H and O–H groups in total. The molecular weight excluding hydrogens is 236 g/mol. The molecule has 0 radical (unpaired) electrons. The molecule has 1 heterocycles. The summed E-state index contributed by atoms with van der Waals surface area (Å²) in [6.45, 7) is 4.67. The second kappa shape index (κ2) is 6.23. The summed E-state index contributed by atoms with van der Waals surface area (Å²) in [4.78, 5) is 14.9. The molecule has 1 aromatic heterocycles. The Morgan fingerprint density at radius 3 is 2.89 bits per heavy atom. The van der Waals surface area contributed by atoms with Gasteiger partial charge in [-0.3, -0.25) is 4.79 Å². The van der Waals surface area contributed by atoms with Crippen LogP contribution in [0.5, 0.6) is 0 Å². The second-order valence-electron chi connectivity index (χ2n) is 4.95. The first-order valence-electron chi connectivity index (χ1n) is 6.62. The van der Waals surface area contributed by atoms with Gasteiger partial charge in [-0.1, -0.05) is 29.8 Å². The van der Waals surface area contributed by atoms with Crippen molar-refractivity contribution in [3.05, 3.63) is 47.7 Å². The normalized spacial score (nSPS) is 10.4. The van der Waals surface area contributed by atoms with Gasteiger partial charge < -0.3 is 10.3 Å². The number of benzene rings is 1. The van der Waals surface area contributed by atoms with Gasteiger partial charge in [0, 0.05) is 30.1 Å². The lowest BCUT2D eigenvalue weighted by molar-refractivity contribution is -0.120. The van der Waals surface area contributed by atoms with Gasteiger partial charge in [0.25, 0.3) is 0 Å². The molecule has 0 aliphatic carbocycles. The molecular formula is C16H20N2O. The van der Waals surface area contributed by atoms with E-state index >= 15 is 0 Å². The summed E-state index contributed by atoms with van der Waals surface area (Å²) in [5.41, 5.74) is 3.55. The minimum Gasteiger partial charge on any atom is -0.361 e. The van der Waals surface area contributed by atoms with Gasteiger partial charge in [-0.05, 0) is 31.9 Å². The molecule has 2 aromatic rings. The van der Waals surface area contributed by atoms with Gasteiger partial charge >= 0.3 is 0 Å². The third-order valence-electron chi connectivity index (χ3n) is 3.11. The van der Waals surface area contributed by atoms with Crippen LogP contribution in [0, 0.1) is 0 Å². The van der Waals surface area contributed by atoms with Crippen molar-refractivity contribution in [3.63, 3.8) is 0 Å². The Bertz CT molecular complexity index is 592. The maximum atomic E-state index is 11.7. The van der Waals surface area contributed by atoms with E-state index in [0.29, 0.717) is 13.0 Å². The van der Waals surface area contributed by atoms with Crippen LogP contribution in [0.2, 0.25) is 0 Å². The number of hydrogen-bond acceptors (Lipinski definition) is 1. The summed E-state index contributed by atoms with van der Waals surface area (Å²) in [6.07, 6.45) is 5.31. The Labute approximate surface area is 113 Å². The number of allylic oxidation sites excluding steroid dienone is 1.